The molecule has 0 aliphatic carbocycles. The minimum atomic E-state index is 0.127. The van der Waals surface area contributed by atoms with Crippen LogP contribution in [0.2, 0.25) is 5.15 Å². The molecule has 0 amide bonds. The Balaban J connectivity index is 2.12. The Morgan fingerprint density at radius 1 is 1.20 bits per heavy atom. The smallest absolute Gasteiger partial charge is 0.224 e. The first-order valence-corrected chi connectivity index (χ1v) is 6.49. The number of benzene rings is 1. The van der Waals surface area contributed by atoms with Gasteiger partial charge in [0.25, 0.3) is 0 Å². The van der Waals surface area contributed by atoms with E-state index in [1.807, 2.05) is 24.3 Å². The van der Waals surface area contributed by atoms with Crippen LogP contribution in [0.25, 0.3) is 0 Å². The normalized spacial score (nSPS) is 10.6. The second kappa shape index (κ2) is 7.19. The Labute approximate surface area is 122 Å². The lowest BCUT2D eigenvalue weighted by Gasteiger charge is -2.07. The summed E-state index contributed by atoms with van der Waals surface area (Å²) in [6, 6.07) is 8.96. The van der Waals surface area contributed by atoms with Crippen molar-refractivity contribution < 1.29 is 14.6 Å². The van der Waals surface area contributed by atoms with Crippen molar-refractivity contribution in [1.82, 2.24) is 9.97 Å². The summed E-state index contributed by atoms with van der Waals surface area (Å²) in [6.45, 7) is 0.397. The molecule has 1 heterocycles. The topological polar surface area (TPSA) is 64.5 Å². The molecule has 106 valence electrons. The first-order chi connectivity index (χ1) is 9.71. The van der Waals surface area contributed by atoms with Crippen LogP contribution < -0.4 is 4.74 Å². The summed E-state index contributed by atoms with van der Waals surface area (Å²) < 4.78 is 10.6. The molecule has 0 saturated heterocycles. The summed E-state index contributed by atoms with van der Waals surface area (Å²) in [5.41, 5.74) is 1.04. The zero-order valence-electron chi connectivity index (χ0n) is 11.0. The average Bonchev–Trinajstić information content (AvgIpc) is 2.41. The van der Waals surface area contributed by atoms with Crippen LogP contribution in [0.1, 0.15) is 11.4 Å². The molecular weight excluding hydrogens is 280 g/mol. The number of halogens is 1. The highest BCUT2D eigenvalue weighted by atomic mass is 35.5. The summed E-state index contributed by atoms with van der Waals surface area (Å²) in [5.74, 6) is 1.48. The number of aliphatic hydroxyl groups is 1. The van der Waals surface area contributed by atoms with Crippen LogP contribution in [0.4, 0.5) is 0 Å². The van der Waals surface area contributed by atoms with Gasteiger partial charge >= 0.3 is 0 Å². The van der Waals surface area contributed by atoms with Crippen molar-refractivity contribution in [2.24, 2.45) is 0 Å². The van der Waals surface area contributed by atoms with Gasteiger partial charge in [0.1, 0.15) is 17.5 Å². The lowest BCUT2D eigenvalue weighted by atomic mass is 10.1. The van der Waals surface area contributed by atoms with E-state index in [0.29, 0.717) is 29.0 Å². The van der Waals surface area contributed by atoms with Crippen LogP contribution in [0, 0.1) is 0 Å². The summed E-state index contributed by atoms with van der Waals surface area (Å²) in [4.78, 5) is 8.22. The van der Waals surface area contributed by atoms with Gasteiger partial charge < -0.3 is 14.6 Å². The molecule has 5 nitrogen and oxygen atoms in total. The molecule has 0 aliphatic rings. The van der Waals surface area contributed by atoms with E-state index in [-0.39, 0.29) is 13.2 Å². The molecule has 0 spiro atoms. The maximum Gasteiger partial charge on any atom is 0.224 e. The fourth-order valence-electron chi connectivity index (χ4n) is 1.66. The number of aliphatic hydroxyl groups excluding tert-OH is 1. The Kier molecular flexibility index (Phi) is 5.29. The third-order valence-corrected chi connectivity index (χ3v) is 2.73. The van der Waals surface area contributed by atoms with E-state index >= 15 is 0 Å². The highest BCUT2D eigenvalue weighted by Gasteiger charge is 2.05. The van der Waals surface area contributed by atoms with Crippen molar-refractivity contribution >= 4 is 11.6 Å². The summed E-state index contributed by atoms with van der Waals surface area (Å²) in [6.07, 6.45) is 0.623. The van der Waals surface area contributed by atoms with Crippen molar-refractivity contribution in [2.75, 3.05) is 13.7 Å². The lowest BCUT2D eigenvalue weighted by Crippen LogP contribution is -1.99. The van der Waals surface area contributed by atoms with Crippen LogP contribution in [-0.4, -0.2) is 28.8 Å². The molecular formula is C14H15ClN2O3. The molecule has 0 atom stereocenters. The number of rotatable bonds is 6. The molecule has 0 unspecified atom stereocenters. The molecule has 0 bridgehead atoms. The minimum absolute atomic E-state index is 0.127. The molecule has 0 radical (unpaired) electrons. The average molecular weight is 295 g/mol. The minimum Gasteiger partial charge on any atom is -0.439 e. The van der Waals surface area contributed by atoms with E-state index in [0.717, 1.165) is 5.56 Å². The van der Waals surface area contributed by atoms with E-state index in [1.54, 1.807) is 13.2 Å². The predicted molar refractivity (Wildman–Crippen MR) is 75.1 cm³/mol. The molecule has 2 aromatic rings. The zero-order chi connectivity index (χ0) is 14.4. The van der Waals surface area contributed by atoms with Crippen LogP contribution in [0.15, 0.2) is 30.3 Å². The zero-order valence-corrected chi connectivity index (χ0v) is 11.8. The molecule has 0 aliphatic heterocycles. The lowest BCUT2D eigenvalue weighted by molar-refractivity contribution is 0.177. The van der Waals surface area contributed by atoms with Gasteiger partial charge in [-0.25, -0.2) is 4.98 Å². The number of methoxy groups -OCH3 is 1. The third kappa shape index (κ3) is 4.16. The number of hydrogen-bond acceptors (Lipinski definition) is 5. The Morgan fingerprint density at radius 2 is 1.95 bits per heavy atom. The predicted octanol–water partition coefficient (Wildman–Crippen LogP) is 2.60. The number of hydrogen-bond donors (Lipinski definition) is 1. The second-order valence-electron chi connectivity index (χ2n) is 4.10. The standard InChI is InChI=1S/C14H15ClN2O3/c1-19-9-13-16-12(15)8-14(17-13)20-11-4-2-10(3-5-11)6-7-18/h2-5,8,18H,6-7,9H2,1H3. The van der Waals surface area contributed by atoms with Gasteiger partial charge in [-0.05, 0) is 24.1 Å². The quantitative estimate of drug-likeness (QED) is 0.830. The van der Waals surface area contributed by atoms with E-state index in [2.05, 4.69) is 9.97 Å². The molecule has 20 heavy (non-hydrogen) atoms. The molecule has 6 heteroatoms. The summed E-state index contributed by atoms with van der Waals surface area (Å²) in [5, 5.41) is 9.17. The molecule has 0 saturated carbocycles. The summed E-state index contributed by atoms with van der Waals surface area (Å²) in [7, 11) is 1.56. The van der Waals surface area contributed by atoms with Gasteiger partial charge in [-0.15, -0.1) is 0 Å². The molecule has 1 N–H and O–H groups in total. The number of nitrogens with zero attached hydrogens (tertiary/aromatic N) is 2. The van der Waals surface area contributed by atoms with Crippen LogP contribution >= 0.6 is 11.6 Å². The fourth-order valence-corrected chi connectivity index (χ4v) is 1.85. The Bertz CT molecular complexity index is 561. The van der Waals surface area contributed by atoms with Crippen LogP contribution in [0.3, 0.4) is 0 Å². The maximum absolute atomic E-state index is 8.86. The van der Waals surface area contributed by atoms with Crippen LogP contribution in [-0.2, 0) is 17.8 Å². The van der Waals surface area contributed by atoms with E-state index < -0.39 is 0 Å². The molecule has 1 aromatic carbocycles. The third-order valence-electron chi connectivity index (χ3n) is 2.54. The molecule has 1 aromatic heterocycles. The summed E-state index contributed by atoms with van der Waals surface area (Å²) >= 11 is 5.90. The Hall–Kier alpha value is -1.69. The largest absolute Gasteiger partial charge is 0.439 e. The highest BCUT2D eigenvalue weighted by Crippen LogP contribution is 2.22. The highest BCUT2D eigenvalue weighted by molar-refractivity contribution is 6.29. The van der Waals surface area contributed by atoms with Gasteiger partial charge in [0.2, 0.25) is 5.88 Å². The SMILES string of the molecule is COCc1nc(Cl)cc(Oc2ccc(CCO)cc2)n1. The van der Waals surface area contributed by atoms with Crippen molar-refractivity contribution in [3.63, 3.8) is 0 Å². The van der Waals surface area contributed by atoms with Crippen molar-refractivity contribution in [2.45, 2.75) is 13.0 Å². The fraction of sp³-hybridized carbons (Fsp3) is 0.286. The monoisotopic (exact) mass is 294 g/mol. The number of aromatic nitrogens is 2. The molecule has 2 rings (SSSR count). The van der Waals surface area contributed by atoms with Crippen molar-refractivity contribution in [3.8, 4) is 11.6 Å². The van der Waals surface area contributed by atoms with Gasteiger partial charge in [0, 0.05) is 19.8 Å². The van der Waals surface area contributed by atoms with Gasteiger partial charge in [-0.1, -0.05) is 23.7 Å². The number of ether oxygens (including phenoxy) is 2. The van der Waals surface area contributed by atoms with Gasteiger partial charge in [-0.2, -0.15) is 4.98 Å². The van der Waals surface area contributed by atoms with Gasteiger partial charge in [-0.3, -0.25) is 0 Å². The van der Waals surface area contributed by atoms with Crippen LogP contribution in [0.5, 0.6) is 11.6 Å². The van der Waals surface area contributed by atoms with E-state index in [9.17, 15) is 0 Å². The van der Waals surface area contributed by atoms with Crippen molar-refractivity contribution in [1.29, 1.82) is 0 Å². The second-order valence-corrected chi connectivity index (χ2v) is 4.49. The molecule has 0 fully saturated rings. The van der Waals surface area contributed by atoms with E-state index in [4.69, 9.17) is 26.2 Å². The van der Waals surface area contributed by atoms with E-state index in [1.165, 1.54) is 0 Å². The first kappa shape index (κ1) is 14.7. The van der Waals surface area contributed by atoms with Gasteiger partial charge in [0.15, 0.2) is 5.82 Å². The Morgan fingerprint density at radius 3 is 2.60 bits per heavy atom. The first-order valence-electron chi connectivity index (χ1n) is 6.11. The maximum atomic E-state index is 8.86. The van der Waals surface area contributed by atoms with Crippen molar-refractivity contribution in [3.05, 3.63) is 46.9 Å². The van der Waals surface area contributed by atoms with Gasteiger partial charge in [0.05, 0.1) is 0 Å².